The predicted molar refractivity (Wildman–Crippen MR) is 76.0 cm³/mol. The van der Waals surface area contributed by atoms with Crippen LogP contribution >= 0.6 is 0 Å². The molecule has 1 aromatic rings. The lowest BCUT2D eigenvalue weighted by Gasteiger charge is -2.21. The van der Waals surface area contributed by atoms with E-state index in [1.165, 1.54) is 19.3 Å². The van der Waals surface area contributed by atoms with Crippen molar-refractivity contribution in [1.82, 2.24) is 5.32 Å². The summed E-state index contributed by atoms with van der Waals surface area (Å²) in [5.41, 5.74) is 1.92. The number of carbonyl (C=O) groups excluding carboxylic acids is 1. The minimum absolute atomic E-state index is 0.130. The second-order valence-corrected chi connectivity index (χ2v) is 4.43. The maximum Gasteiger partial charge on any atom is 0.332 e. The first-order valence-corrected chi connectivity index (χ1v) is 6.54. The van der Waals surface area contributed by atoms with Crippen LogP contribution < -0.4 is 10.1 Å². The van der Waals surface area contributed by atoms with Crippen molar-refractivity contribution in [3.63, 3.8) is 0 Å². The van der Waals surface area contributed by atoms with E-state index in [1.807, 2.05) is 0 Å². The summed E-state index contributed by atoms with van der Waals surface area (Å²) in [5, 5.41) is 14.2. The van der Waals surface area contributed by atoms with Crippen LogP contribution in [-0.4, -0.2) is 31.2 Å². The summed E-state index contributed by atoms with van der Waals surface area (Å²) in [6.45, 7) is 2.63. The van der Waals surface area contributed by atoms with E-state index in [4.69, 9.17) is 9.47 Å². The molecule has 0 unspecified atom stereocenters. The molecule has 1 heterocycles. The van der Waals surface area contributed by atoms with E-state index in [0.717, 1.165) is 5.56 Å². The lowest BCUT2D eigenvalue weighted by atomic mass is 9.96. The van der Waals surface area contributed by atoms with E-state index < -0.39 is 10.9 Å². The molecule has 0 radical (unpaired) electrons. The molecule has 1 aliphatic rings. The molecule has 112 valence electrons. The Morgan fingerprint density at radius 3 is 2.90 bits per heavy atom. The fourth-order valence-corrected chi connectivity index (χ4v) is 2.23. The SMILES string of the molecule is CCOC(=O)/C=C1\NCCc2cc(OC)c([N+](=O)[O-])cc21. The van der Waals surface area contributed by atoms with Gasteiger partial charge in [-0.05, 0) is 25.0 Å². The molecule has 0 atom stereocenters. The van der Waals surface area contributed by atoms with Crippen LogP contribution in [0.15, 0.2) is 18.2 Å². The number of carbonyl (C=O) groups is 1. The molecule has 0 saturated heterocycles. The fourth-order valence-electron chi connectivity index (χ4n) is 2.23. The lowest BCUT2D eigenvalue weighted by molar-refractivity contribution is -0.385. The Morgan fingerprint density at radius 2 is 2.29 bits per heavy atom. The Kier molecular flexibility index (Phi) is 4.42. The number of esters is 1. The highest BCUT2D eigenvalue weighted by atomic mass is 16.6. The first-order valence-electron chi connectivity index (χ1n) is 6.54. The van der Waals surface area contributed by atoms with Crippen molar-refractivity contribution in [3.05, 3.63) is 39.4 Å². The van der Waals surface area contributed by atoms with Gasteiger partial charge in [0.25, 0.3) is 0 Å². The maximum absolute atomic E-state index is 11.6. The van der Waals surface area contributed by atoms with Gasteiger partial charge in [0, 0.05) is 29.9 Å². The normalized spacial score (nSPS) is 15.0. The number of hydrogen-bond donors (Lipinski definition) is 1. The van der Waals surface area contributed by atoms with Gasteiger partial charge < -0.3 is 14.8 Å². The Hall–Kier alpha value is -2.57. The summed E-state index contributed by atoms with van der Waals surface area (Å²) >= 11 is 0. The van der Waals surface area contributed by atoms with Gasteiger partial charge in [-0.25, -0.2) is 4.79 Å². The average molecular weight is 292 g/mol. The van der Waals surface area contributed by atoms with Crippen molar-refractivity contribution in [1.29, 1.82) is 0 Å². The standard InChI is InChI=1S/C14H16N2O5/c1-3-21-14(17)8-11-10-7-12(16(18)19)13(20-2)6-9(10)4-5-15-11/h6-8,15H,3-5H2,1-2H3/b11-8-. The third-order valence-electron chi connectivity index (χ3n) is 3.15. The smallest absolute Gasteiger partial charge is 0.332 e. The topological polar surface area (TPSA) is 90.7 Å². The van der Waals surface area contributed by atoms with Crippen LogP contribution in [-0.2, 0) is 16.0 Å². The van der Waals surface area contributed by atoms with Crippen LogP contribution in [0.4, 0.5) is 5.69 Å². The zero-order valence-electron chi connectivity index (χ0n) is 11.8. The van der Waals surface area contributed by atoms with Gasteiger partial charge in [0.2, 0.25) is 0 Å². The highest BCUT2D eigenvalue weighted by Crippen LogP contribution is 2.34. The van der Waals surface area contributed by atoms with E-state index >= 15 is 0 Å². The highest BCUT2D eigenvalue weighted by Gasteiger charge is 2.23. The van der Waals surface area contributed by atoms with Crippen molar-refractivity contribution in [2.75, 3.05) is 20.3 Å². The van der Waals surface area contributed by atoms with Gasteiger partial charge >= 0.3 is 11.7 Å². The number of hydrogen-bond acceptors (Lipinski definition) is 6. The molecule has 7 nitrogen and oxygen atoms in total. The number of nitro groups is 1. The van der Waals surface area contributed by atoms with Gasteiger partial charge in [-0.15, -0.1) is 0 Å². The van der Waals surface area contributed by atoms with Gasteiger partial charge in [0.05, 0.1) is 18.6 Å². The van der Waals surface area contributed by atoms with Gasteiger partial charge in [-0.1, -0.05) is 0 Å². The first kappa shape index (κ1) is 14.8. The Balaban J connectivity index is 2.49. The molecular formula is C14H16N2O5. The molecule has 1 N–H and O–H groups in total. The van der Waals surface area contributed by atoms with Crippen molar-refractivity contribution >= 4 is 17.4 Å². The molecular weight excluding hydrogens is 276 g/mol. The molecule has 0 fully saturated rings. The van der Waals surface area contributed by atoms with E-state index in [-0.39, 0.29) is 18.0 Å². The lowest BCUT2D eigenvalue weighted by Crippen LogP contribution is -2.24. The highest BCUT2D eigenvalue weighted by molar-refractivity contribution is 5.92. The maximum atomic E-state index is 11.6. The monoisotopic (exact) mass is 292 g/mol. The molecule has 1 aliphatic heterocycles. The summed E-state index contributed by atoms with van der Waals surface area (Å²) in [7, 11) is 1.39. The summed E-state index contributed by atoms with van der Waals surface area (Å²) in [5.74, 6) is -0.262. The summed E-state index contributed by atoms with van der Waals surface area (Å²) in [6.07, 6.45) is 2.02. The van der Waals surface area contributed by atoms with Crippen LogP contribution in [0, 0.1) is 10.1 Å². The molecule has 21 heavy (non-hydrogen) atoms. The molecule has 0 spiro atoms. The minimum Gasteiger partial charge on any atom is -0.490 e. The third-order valence-corrected chi connectivity index (χ3v) is 3.15. The minimum atomic E-state index is -0.504. The predicted octanol–water partition coefficient (Wildman–Crippen LogP) is 1.65. The average Bonchev–Trinajstić information content (AvgIpc) is 2.46. The number of methoxy groups -OCH3 is 1. The molecule has 0 saturated carbocycles. The molecule has 0 aliphatic carbocycles. The second kappa shape index (κ2) is 6.25. The zero-order chi connectivity index (χ0) is 15.4. The number of fused-ring (bicyclic) bond motifs is 1. The van der Waals surface area contributed by atoms with Gasteiger partial charge in [0.1, 0.15) is 0 Å². The van der Waals surface area contributed by atoms with Crippen molar-refractivity contribution < 1.29 is 19.2 Å². The van der Waals surface area contributed by atoms with E-state index in [1.54, 1.807) is 13.0 Å². The number of nitrogens with zero attached hydrogens (tertiary/aromatic N) is 1. The van der Waals surface area contributed by atoms with E-state index in [9.17, 15) is 14.9 Å². The van der Waals surface area contributed by atoms with Crippen LogP contribution in [0.1, 0.15) is 18.1 Å². The number of benzene rings is 1. The Bertz CT molecular complexity index is 610. The summed E-state index contributed by atoms with van der Waals surface area (Å²) < 4.78 is 9.92. The zero-order valence-corrected chi connectivity index (χ0v) is 11.8. The quantitative estimate of drug-likeness (QED) is 0.393. The molecule has 2 rings (SSSR count). The van der Waals surface area contributed by atoms with Crippen molar-refractivity contribution in [2.24, 2.45) is 0 Å². The van der Waals surface area contributed by atoms with Gasteiger partial charge in [-0.3, -0.25) is 10.1 Å². The second-order valence-electron chi connectivity index (χ2n) is 4.43. The van der Waals surface area contributed by atoms with E-state index in [0.29, 0.717) is 24.2 Å². The van der Waals surface area contributed by atoms with Crippen LogP contribution in [0.2, 0.25) is 0 Å². The van der Waals surface area contributed by atoms with Crippen molar-refractivity contribution in [2.45, 2.75) is 13.3 Å². The fraction of sp³-hybridized carbons (Fsp3) is 0.357. The Morgan fingerprint density at radius 1 is 1.52 bits per heavy atom. The van der Waals surface area contributed by atoms with Crippen LogP contribution in [0.5, 0.6) is 5.75 Å². The van der Waals surface area contributed by atoms with E-state index in [2.05, 4.69) is 5.32 Å². The molecule has 0 bridgehead atoms. The molecule has 1 aromatic carbocycles. The molecule has 7 heteroatoms. The number of rotatable bonds is 4. The number of nitro benzene ring substituents is 1. The van der Waals surface area contributed by atoms with Crippen LogP contribution in [0.3, 0.4) is 0 Å². The molecule has 0 amide bonds. The third kappa shape index (κ3) is 3.13. The molecule has 0 aromatic heterocycles. The summed E-state index contributed by atoms with van der Waals surface area (Å²) in [6, 6.07) is 3.07. The Labute approximate surface area is 121 Å². The first-order chi connectivity index (χ1) is 10.1. The number of nitrogens with one attached hydrogen (secondary N) is 1. The van der Waals surface area contributed by atoms with Gasteiger partial charge in [0.15, 0.2) is 5.75 Å². The largest absolute Gasteiger partial charge is 0.490 e. The van der Waals surface area contributed by atoms with Gasteiger partial charge in [-0.2, -0.15) is 0 Å². The van der Waals surface area contributed by atoms with Crippen LogP contribution in [0.25, 0.3) is 5.70 Å². The summed E-state index contributed by atoms with van der Waals surface area (Å²) in [4.78, 5) is 22.2. The van der Waals surface area contributed by atoms with Crippen molar-refractivity contribution in [3.8, 4) is 5.75 Å². The number of ether oxygens (including phenoxy) is 2.